The smallest absolute Gasteiger partial charge is 0.310 e. The Labute approximate surface area is 157 Å². The summed E-state index contributed by atoms with van der Waals surface area (Å²) < 4.78 is 5.78. The lowest BCUT2D eigenvalue weighted by atomic mass is 9.63. The molecular weight excluding hydrogens is 320 g/mol. The molecule has 0 amide bonds. The monoisotopic (exact) mass is 350 g/mol. The fourth-order valence-electron chi connectivity index (χ4n) is 5.20. The predicted octanol–water partition coefficient (Wildman–Crippen LogP) is 6.08. The first-order valence-corrected chi connectivity index (χ1v) is 10.5. The topological polar surface area (TPSA) is 26.3 Å². The standard InChI is InChI=1S/C24H30O2/c1-2-3-4-5-10-24(25)26-23-16-15-21-20-12-11-17-8-6-7-9-18(17)19(20)13-14-22(21)23/h6-9,15-16,19-20,22H,2-5,10-14H2,1H3. The molecule has 0 N–H and O–H groups in total. The van der Waals surface area contributed by atoms with Gasteiger partial charge in [0, 0.05) is 12.3 Å². The number of esters is 1. The van der Waals surface area contributed by atoms with Gasteiger partial charge in [0.05, 0.1) is 0 Å². The highest BCUT2D eigenvalue weighted by molar-refractivity contribution is 5.71. The fraction of sp³-hybridized carbons (Fsp3) is 0.542. The lowest BCUT2D eigenvalue weighted by molar-refractivity contribution is -0.140. The van der Waals surface area contributed by atoms with E-state index in [1.807, 2.05) is 0 Å². The number of benzene rings is 1. The zero-order chi connectivity index (χ0) is 17.9. The molecule has 3 atom stereocenters. The second-order valence-corrected chi connectivity index (χ2v) is 8.10. The number of ether oxygens (including phenoxy) is 1. The second-order valence-electron chi connectivity index (χ2n) is 8.10. The van der Waals surface area contributed by atoms with E-state index in [-0.39, 0.29) is 5.97 Å². The molecule has 138 valence electrons. The Morgan fingerprint density at radius 2 is 1.92 bits per heavy atom. The first kappa shape index (κ1) is 17.6. The summed E-state index contributed by atoms with van der Waals surface area (Å²) in [5.41, 5.74) is 4.62. The molecule has 0 heterocycles. The van der Waals surface area contributed by atoms with Gasteiger partial charge in [-0.25, -0.2) is 0 Å². The van der Waals surface area contributed by atoms with Crippen molar-refractivity contribution in [3.8, 4) is 0 Å². The van der Waals surface area contributed by atoms with Crippen molar-refractivity contribution in [2.75, 3.05) is 0 Å². The number of fused-ring (bicyclic) bond motifs is 5. The van der Waals surface area contributed by atoms with Crippen LogP contribution in [-0.2, 0) is 16.0 Å². The Balaban J connectivity index is 1.38. The summed E-state index contributed by atoms with van der Waals surface area (Å²) in [5, 5.41) is 0. The zero-order valence-corrected chi connectivity index (χ0v) is 15.9. The molecule has 1 fully saturated rings. The Hall–Kier alpha value is -1.83. The third-order valence-corrected chi connectivity index (χ3v) is 6.51. The summed E-state index contributed by atoms with van der Waals surface area (Å²) in [6, 6.07) is 8.97. The SMILES string of the molecule is CCCCCCC(=O)OC1=CC=C2C1CCC1c3ccccc3CCC21. The number of unbranched alkanes of at least 4 members (excludes halogenated alkanes) is 3. The maximum absolute atomic E-state index is 12.2. The number of hydrogen-bond donors (Lipinski definition) is 0. The van der Waals surface area contributed by atoms with Gasteiger partial charge in [-0.15, -0.1) is 0 Å². The van der Waals surface area contributed by atoms with E-state index in [2.05, 4.69) is 43.3 Å². The van der Waals surface area contributed by atoms with Crippen LogP contribution in [0.4, 0.5) is 0 Å². The van der Waals surface area contributed by atoms with Crippen molar-refractivity contribution in [3.05, 3.63) is 58.9 Å². The van der Waals surface area contributed by atoms with Crippen molar-refractivity contribution in [2.24, 2.45) is 11.8 Å². The molecule has 3 aliphatic rings. The molecule has 0 spiro atoms. The quantitative estimate of drug-likeness (QED) is 0.459. The lowest BCUT2D eigenvalue weighted by Crippen LogP contribution is -2.30. The molecule has 1 saturated carbocycles. The van der Waals surface area contributed by atoms with E-state index in [0.717, 1.165) is 25.0 Å². The van der Waals surface area contributed by atoms with E-state index in [4.69, 9.17) is 4.74 Å². The summed E-state index contributed by atoms with van der Waals surface area (Å²) in [5.74, 6) is 2.50. The van der Waals surface area contributed by atoms with Crippen molar-refractivity contribution in [1.29, 1.82) is 0 Å². The van der Waals surface area contributed by atoms with Crippen molar-refractivity contribution in [1.82, 2.24) is 0 Å². The number of allylic oxidation sites excluding steroid dienone is 3. The number of carbonyl (C=O) groups excluding carboxylic acids is 1. The van der Waals surface area contributed by atoms with Gasteiger partial charge in [0.25, 0.3) is 0 Å². The number of aryl methyl sites for hydroxylation is 1. The van der Waals surface area contributed by atoms with Gasteiger partial charge < -0.3 is 4.74 Å². The summed E-state index contributed by atoms with van der Waals surface area (Å²) in [6.45, 7) is 2.19. The molecule has 3 aliphatic carbocycles. The Kier molecular flexibility index (Phi) is 5.28. The minimum absolute atomic E-state index is 0.0434. The third-order valence-electron chi connectivity index (χ3n) is 6.51. The van der Waals surface area contributed by atoms with Crippen LogP contribution in [-0.4, -0.2) is 5.97 Å². The molecule has 1 aromatic rings. The van der Waals surface area contributed by atoms with E-state index in [1.165, 1.54) is 43.2 Å². The van der Waals surface area contributed by atoms with E-state index in [9.17, 15) is 4.79 Å². The predicted molar refractivity (Wildman–Crippen MR) is 105 cm³/mol. The van der Waals surface area contributed by atoms with Crippen LogP contribution in [0.15, 0.2) is 47.7 Å². The van der Waals surface area contributed by atoms with Gasteiger partial charge in [-0.2, -0.15) is 0 Å². The minimum atomic E-state index is -0.0434. The maximum Gasteiger partial charge on any atom is 0.310 e. The largest absolute Gasteiger partial charge is 0.430 e. The molecule has 2 nitrogen and oxygen atoms in total. The van der Waals surface area contributed by atoms with Crippen molar-refractivity contribution in [2.45, 2.75) is 70.6 Å². The van der Waals surface area contributed by atoms with Crippen LogP contribution in [0.1, 0.15) is 75.3 Å². The van der Waals surface area contributed by atoms with E-state index in [1.54, 1.807) is 5.56 Å². The van der Waals surface area contributed by atoms with Crippen LogP contribution in [0.2, 0.25) is 0 Å². The van der Waals surface area contributed by atoms with Gasteiger partial charge in [-0.3, -0.25) is 4.79 Å². The molecule has 0 bridgehead atoms. The summed E-state index contributed by atoms with van der Waals surface area (Å²) in [4.78, 5) is 12.2. The van der Waals surface area contributed by atoms with Crippen LogP contribution in [0, 0.1) is 11.8 Å². The van der Waals surface area contributed by atoms with E-state index >= 15 is 0 Å². The number of rotatable bonds is 6. The zero-order valence-electron chi connectivity index (χ0n) is 15.9. The molecule has 2 heteroatoms. The van der Waals surface area contributed by atoms with Crippen molar-refractivity contribution in [3.63, 3.8) is 0 Å². The van der Waals surface area contributed by atoms with Crippen molar-refractivity contribution >= 4 is 5.97 Å². The van der Waals surface area contributed by atoms with Gasteiger partial charge in [0.15, 0.2) is 0 Å². The summed E-state index contributed by atoms with van der Waals surface area (Å²) in [7, 11) is 0. The second kappa shape index (κ2) is 7.82. The molecule has 3 unspecified atom stereocenters. The van der Waals surface area contributed by atoms with Gasteiger partial charge in [0.1, 0.15) is 5.76 Å². The number of hydrogen-bond acceptors (Lipinski definition) is 2. The van der Waals surface area contributed by atoms with Crippen LogP contribution in [0.3, 0.4) is 0 Å². The lowest BCUT2D eigenvalue weighted by Gasteiger charge is -2.41. The minimum Gasteiger partial charge on any atom is -0.430 e. The molecule has 0 aromatic heterocycles. The van der Waals surface area contributed by atoms with E-state index < -0.39 is 0 Å². The maximum atomic E-state index is 12.2. The van der Waals surface area contributed by atoms with Crippen molar-refractivity contribution < 1.29 is 9.53 Å². The highest BCUT2D eigenvalue weighted by atomic mass is 16.5. The highest BCUT2D eigenvalue weighted by Gasteiger charge is 2.41. The average molecular weight is 351 g/mol. The molecule has 4 rings (SSSR count). The van der Waals surface area contributed by atoms with Crippen LogP contribution in [0.5, 0.6) is 0 Å². The summed E-state index contributed by atoms with van der Waals surface area (Å²) in [6.07, 6.45) is 14.1. The highest BCUT2D eigenvalue weighted by Crippen LogP contribution is 2.53. The van der Waals surface area contributed by atoms with Gasteiger partial charge in [0.2, 0.25) is 0 Å². The molecule has 1 aromatic carbocycles. The number of carbonyl (C=O) groups is 1. The fourth-order valence-corrected chi connectivity index (χ4v) is 5.20. The van der Waals surface area contributed by atoms with Crippen LogP contribution >= 0.6 is 0 Å². The molecular formula is C24H30O2. The molecule has 26 heavy (non-hydrogen) atoms. The van der Waals surface area contributed by atoms with Crippen LogP contribution < -0.4 is 0 Å². The average Bonchev–Trinajstić information content (AvgIpc) is 3.08. The van der Waals surface area contributed by atoms with Gasteiger partial charge in [-0.05, 0) is 61.1 Å². The third kappa shape index (κ3) is 3.39. The summed E-state index contributed by atoms with van der Waals surface area (Å²) >= 11 is 0. The van der Waals surface area contributed by atoms with E-state index in [0.29, 0.717) is 24.2 Å². The molecule has 0 radical (unpaired) electrons. The van der Waals surface area contributed by atoms with Crippen LogP contribution in [0.25, 0.3) is 0 Å². The molecule has 0 aliphatic heterocycles. The Morgan fingerprint density at radius 3 is 2.81 bits per heavy atom. The normalized spacial score (nSPS) is 26.3. The molecule has 0 saturated heterocycles. The first-order valence-electron chi connectivity index (χ1n) is 10.5. The van der Waals surface area contributed by atoms with Gasteiger partial charge in [-0.1, -0.05) is 62.1 Å². The van der Waals surface area contributed by atoms with Gasteiger partial charge >= 0.3 is 5.97 Å². The Bertz CT molecular complexity index is 727. The Morgan fingerprint density at radius 1 is 1.04 bits per heavy atom. The first-order chi connectivity index (χ1) is 12.8.